The summed E-state index contributed by atoms with van der Waals surface area (Å²) in [7, 11) is 0. The van der Waals surface area contributed by atoms with Gasteiger partial charge in [-0.25, -0.2) is 0 Å². The summed E-state index contributed by atoms with van der Waals surface area (Å²) in [6, 6.07) is 7.29. The maximum atomic E-state index is 13.2. The van der Waals surface area contributed by atoms with E-state index in [1.807, 2.05) is 25.1 Å². The summed E-state index contributed by atoms with van der Waals surface area (Å²) in [5, 5.41) is 9.05. The monoisotopic (exact) mass is 393 g/mol. The molecule has 2 aliphatic rings. The standard InChI is InChI=1S/C21H23N5O3/c1-2-24-18(28)14-8-4-5-9-15(14)26-16(22-23-20(24)26)13-25-17(27)12-21(19(25)29)10-6-3-7-11-21/h4-5,8-9H,2-3,6-7,10-13H2,1H3. The van der Waals surface area contributed by atoms with E-state index in [0.717, 1.165) is 32.1 Å². The Morgan fingerprint density at radius 1 is 1.03 bits per heavy atom. The van der Waals surface area contributed by atoms with Crippen LogP contribution in [0, 0.1) is 5.41 Å². The van der Waals surface area contributed by atoms with E-state index >= 15 is 0 Å². The van der Waals surface area contributed by atoms with Crippen LogP contribution in [0.1, 0.15) is 51.3 Å². The number of aromatic nitrogens is 4. The van der Waals surface area contributed by atoms with E-state index in [0.29, 0.717) is 35.5 Å². The van der Waals surface area contributed by atoms with Crippen LogP contribution >= 0.6 is 0 Å². The third kappa shape index (κ3) is 2.54. The molecule has 29 heavy (non-hydrogen) atoms. The van der Waals surface area contributed by atoms with Crippen molar-refractivity contribution in [2.75, 3.05) is 0 Å². The number of aryl methyl sites for hydroxylation is 1. The van der Waals surface area contributed by atoms with E-state index in [1.165, 1.54) is 4.90 Å². The molecule has 2 aromatic heterocycles. The minimum atomic E-state index is -0.524. The van der Waals surface area contributed by atoms with Crippen molar-refractivity contribution in [2.24, 2.45) is 5.41 Å². The molecule has 0 atom stereocenters. The van der Waals surface area contributed by atoms with Gasteiger partial charge in [0.05, 0.1) is 22.9 Å². The van der Waals surface area contributed by atoms with Crippen LogP contribution in [0.15, 0.2) is 29.1 Å². The first-order valence-corrected chi connectivity index (χ1v) is 10.3. The topological polar surface area (TPSA) is 89.6 Å². The lowest BCUT2D eigenvalue weighted by Gasteiger charge is -2.30. The number of hydrogen-bond acceptors (Lipinski definition) is 5. The molecule has 1 saturated heterocycles. The molecular formula is C21H23N5O3. The fraction of sp³-hybridized carbons (Fsp3) is 0.476. The molecule has 0 unspecified atom stereocenters. The van der Waals surface area contributed by atoms with Crippen LogP contribution in [0.3, 0.4) is 0 Å². The van der Waals surface area contributed by atoms with Crippen molar-refractivity contribution >= 4 is 28.5 Å². The summed E-state index contributed by atoms with van der Waals surface area (Å²) in [6.07, 6.45) is 4.98. The van der Waals surface area contributed by atoms with Crippen LogP contribution in [-0.4, -0.2) is 35.9 Å². The number of carbonyl (C=O) groups is 2. The summed E-state index contributed by atoms with van der Waals surface area (Å²) < 4.78 is 3.36. The number of amides is 2. The van der Waals surface area contributed by atoms with Gasteiger partial charge in [0.15, 0.2) is 5.82 Å². The Morgan fingerprint density at radius 3 is 2.55 bits per heavy atom. The number of fused-ring (bicyclic) bond motifs is 3. The first kappa shape index (κ1) is 18.0. The smallest absolute Gasteiger partial charge is 0.262 e. The Balaban J connectivity index is 1.62. The molecule has 3 heterocycles. The molecule has 8 nitrogen and oxygen atoms in total. The van der Waals surface area contributed by atoms with E-state index < -0.39 is 5.41 Å². The molecule has 2 amide bonds. The van der Waals surface area contributed by atoms with Gasteiger partial charge < -0.3 is 0 Å². The molecule has 2 fully saturated rings. The third-order valence-electron chi connectivity index (χ3n) is 6.49. The predicted molar refractivity (Wildman–Crippen MR) is 106 cm³/mol. The molecule has 5 rings (SSSR count). The zero-order valence-corrected chi connectivity index (χ0v) is 16.4. The van der Waals surface area contributed by atoms with E-state index in [-0.39, 0.29) is 23.9 Å². The van der Waals surface area contributed by atoms with Crippen LogP contribution in [-0.2, 0) is 22.7 Å². The SMILES string of the molecule is CCn1c(=O)c2ccccc2n2c(CN3C(=O)CC4(CCCCC4)C3=O)nnc12. The minimum Gasteiger partial charge on any atom is -0.277 e. The molecule has 0 bridgehead atoms. The highest BCUT2D eigenvalue weighted by Gasteiger charge is 2.51. The van der Waals surface area contributed by atoms with Crippen molar-refractivity contribution in [3.8, 4) is 0 Å². The van der Waals surface area contributed by atoms with Crippen molar-refractivity contribution in [1.29, 1.82) is 0 Å². The summed E-state index contributed by atoms with van der Waals surface area (Å²) in [5.41, 5.74) is 0.0383. The lowest BCUT2D eigenvalue weighted by atomic mass is 9.73. The fourth-order valence-corrected chi connectivity index (χ4v) is 4.98. The van der Waals surface area contributed by atoms with E-state index in [1.54, 1.807) is 15.0 Å². The fourth-order valence-electron chi connectivity index (χ4n) is 4.98. The largest absolute Gasteiger partial charge is 0.277 e. The van der Waals surface area contributed by atoms with Crippen LogP contribution in [0.2, 0.25) is 0 Å². The number of rotatable bonds is 3. The zero-order valence-electron chi connectivity index (χ0n) is 16.4. The maximum Gasteiger partial charge on any atom is 0.262 e. The predicted octanol–water partition coefficient (Wildman–Crippen LogP) is 2.27. The summed E-state index contributed by atoms with van der Waals surface area (Å²) >= 11 is 0. The summed E-state index contributed by atoms with van der Waals surface area (Å²) in [5.74, 6) is 0.708. The Bertz CT molecular complexity index is 1200. The van der Waals surface area contributed by atoms with Gasteiger partial charge in [-0.15, -0.1) is 10.2 Å². The first-order valence-electron chi connectivity index (χ1n) is 10.3. The Kier molecular flexibility index (Phi) is 4.04. The Morgan fingerprint density at radius 2 is 1.79 bits per heavy atom. The van der Waals surface area contributed by atoms with Crippen LogP contribution in [0.4, 0.5) is 0 Å². The normalized spacial score (nSPS) is 19.1. The molecular weight excluding hydrogens is 370 g/mol. The number of imide groups is 1. The minimum absolute atomic E-state index is 0.0759. The zero-order chi connectivity index (χ0) is 20.2. The van der Waals surface area contributed by atoms with Crippen molar-refractivity contribution in [3.05, 3.63) is 40.4 Å². The highest BCUT2D eigenvalue weighted by molar-refractivity contribution is 6.05. The molecule has 3 aromatic rings. The molecule has 1 aromatic carbocycles. The molecule has 1 aliphatic carbocycles. The van der Waals surface area contributed by atoms with Gasteiger partial charge in [0.2, 0.25) is 17.6 Å². The average Bonchev–Trinajstić information content (AvgIpc) is 3.24. The maximum absolute atomic E-state index is 13.2. The van der Waals surface area contributed by atoms with Crippen molar-refractivity contribution in [1.82, 2.24) is 24.1 Å². The number of benzene rings is 1. The van der Waals surface area contributed by atoms with Gasteiger partial charge in [-0.05, 0) is 31.9 Å². The van der Waals surface area contributed by atoms with Gasteiger partial charge in [-0.2, -0.15) is 0 Å². The van der Waals surface area contributed by atoms with Gasteiger partial charge in [0.25, 0.3) is 5.56 Å². The van der Waals surface area contributed by atoms with E-state index in [9.17, 15) is 14.4 Å². The highest BCUT2D eigenvalue weighted by atomic mass is 16.2. The van der Waals surface area contributed by atoms with E-state index in [2.05, 4.69) is 10.2 Å². The summed E-state index contributed by atoms with van der Waals surface area (Å²) in [4.78, 5) is 40.1. The van der Waals surface area contributed by atoms with Gasteiger partial charge in [-0.1, -0.05) is 31.4 Å². The Hall–Kier alpha value is -3.03. The van der Waals surface area contributed by atoms with Gasteiger partial charge >= 0.3 is 0 Å². The van der Waals surface area contributed by atoms with Gasteiger partial charge in [-0.3, -0.25) is 28.3 Å². The second kappa shape index (κ2) is 6.50. The van der Waals surface area contributed by atoms with Crippen LogP contribution < -0.4 is 5.56 Å². The number of carbonyl (C=O) groups excluding carboxylic acids is 2. The molecule has 1 spiro atoms. The van der Waals surface area contributed by atoms with Crippen molar-refractivity contribution < 1.29 is 9.59 Å². The number of hydrogen-bond donors (Lipinski definition) is 0. The average molecular weight is 393 g/mol. The molecule has 8 heteroatoms. The van der Waals surface area contributed by atoms with Crippen LogP contribution in [0.5, 0.6) is 0 Å². The second-order valence-electron chi connectivity index (χ2n) is 8.12. The lowest BCUT2D eigenvalue weighted by molar-refractivity contribution is -0.143. The van der Waals surface area contributed by atoms with Crippen molar-refractivity contribution in [2.45, 2.75) is 58.5 Å². The second-order valence-corrected chi connectivity index (χ2v) is 8.12. The Labute approximate surface area is 167 Å². The molecule has 1 saturated carbocycles. The number of para-hydroxylation sites is 1. The molecule has 150 valence electrons. The lowest BCUT2D eigenvalue weighted by Crippen LogP contribution is -2.37. The van der Waals surface area contributed by atoms with Crippen molar-refractivity contribution in [3.63, 3.8) is 0 Å². The van der Waals surface area contributed by atoms with Crippen LogP contribution in [0.25, 0.3) is 16.7 Å². The molecule has 1 aliphatic heterocycles. The summed E-state index contributed by atoms with van der Waals surface area (Å²) in [6.45, 7) is 2.41. The number of nitrogens with zero attached hydrogens (tertiary/aromatic N) is 5. The van der Waals surface area contributed by atoms with Gasteiger partial charge in [0, 0.05) is 13.0 Å². The molecule has 0 radical (unpaired) electrons. The third-order valence-corrected chi connectivity index (χ3v) is 6.49. The quantitative estimate of drug-likeness (QED) is 0.637. The number of likely N-dealkylation sites (tertiary alicyclic amines) is 1. The van der Waals surface area contributed by atoms with E-state index in [4.69, 9.17) is 0 Å². The molecule has 0 N–H and O–H groups in total. The highest BCUT2D eigenvalue weighted by Crippen LogP contribution is 2.45. The van der Waals surface area contributed by atoms with Gasteiger partial charge in [0.1, 0.15) is 0 Å². The first-order chi connectivity index (χ1) is 14.1.